The van der Waals surface area contributed by atoms with Gasteiger partial charge >= 0.3 is 18.9 Å². The van der Waals surface area contributed by atoms with Crippen molar-refractivity contribution >= 4 is 0 Å². The molecule has 0 aliphatic carbocycles. The molecule has 5 heteroatoms. The molecule has 0 unspecified atom stereocenters. The van der Waals surface area contributed by atoms with Crippen LogP contribution in [0.25, 0.3) is 0 Å². The Hall–Kier alpha value is -0.463. The Kier molecular flexibility index (Phi) is 3.36. The molecule has 1 aromatic rings. The van der Waals surface area contributed by atoms with E-state index in [0.29, 0.717) is 0 Å². The fourth-order valence-electron chi connectivity index (χ4n) is 0.476. The minimum absolute atomic E-state index is 0. The minimum Gasteiger partial charge on any atom is -0.367 e. The van der Waals surface area contributed by atoms with Crippen LogP contribution in [0.5, 0.6) is 0 Å². The van der Waals surface area contributed by atoms with E-state index in [1.165, 1.54) is 4.68 Å². The van der Waals surface area contributed by atoms with Gasteiger partial charge in [0.2, 0.25) is 0 Å². The van der Waals surface area contributed by atoms with Crippen LogP contribution in [0.4, 0.5) is 0 Å². The van der Waals surface area contributed by atoms with Crippen molar-refractivity contribution in [3.05, 3.63) is 12.9 Å². The van der Waals surface area contributed by atoms with Crippen LogP contribution in [0.3, 0.4) is 0 Å². The van der Waals surface area contributed by atoms with Crippen LogP contribution in [0.2, 0.25) is 0 Å². The van der Waals surface area contributed by atoms with Crippen molar-refractivity contribution in [3.63, 3.8) is 0 Å². The molecular formula is C4H7LiN4. The van der Waals surface area contributed by atoms with Gasteiger partial charge in [0.05, 0.1) is 0 Å². The maximum Gasteiger partial charge on any atom is 1.00 e. The van der Waals surface area contributed by atoms with Gasteiger partial charge in [-0.15, -0.1) is 0 Å². The van der Waals surface area contributed by atoms with Crippen molar-refractivity contribution < 1.29 is 18.9 Å². The summed E-state index contributed by atoms with van der Waals surface area (Å²) in [4.78, 5) is 0. The molecule has 44 valence electrons. The van der Waals surface area contributed by atoms with Gasteiger partial charge in [-0.2, -0.15) is 7.05 Å². The normalized spacial score (nSPS) is 8.56. The number of hydrogen-bond acceptors (Lipinski definition) is 3. The Morgan fingerprint density at radius 3 is 2.56 bits per heavy atom. The molecule has 0 spiro atoms. The molecule has 0 bridgehead atoms. The molecule has 0 aliphatic heterocycles. The van der Waals surface area contributed by atoms with Gasteiger partial charge in [0.1, 0.15) is 0 Å². The second-order valence-corrected chi connectivity index (χ2v) is 1.45. The predicted molar refractivity (Wildman–Crippen MR) is 27.9 cm³/mol. The molecule has 0 aromatic carbocycles. The summed E-state index contributed by atoms with van der Waals surface area (Å²) in [5.41, 5.74) is 0. The van der Waals surface area contributed by atoms with Crippen LogP contribution >= 0.6 is 0 Å². The Bertz CT molecular complexity index is 173. The van der Waals surface area contributed by atoms with Crippen LogP contribution in [-0.2, 0) is 6.42 Å². The first-order valence-electron chi connectivity index (χ1n) is 2.42. The third-order valence-corrected chi connectivity index (χ3v) is 0.922. The molecule has 0 saturated carbocycles. The van der Waals surface area contributed by atoms with Crippen molar-refractivity contribution in [1.82, 2.24) is 20.2 Å². The van der Waals surface area contributed by atoms with Gasteiger partial charge < -0.3 is 4.68 Å². The number of aromatic nitrogens is 4. The Labute approximate surface area is 65.8 Å². The Morgan fingerprint density at radius 1 is 1.67 bits per heavy atom. The molecule has 0 fully saturated rings. The molecule has 1 heterocycles. The average molecular weight is 118 g/mol. The van der Waals surface area contributed by atoms with Crippen molar-refractivity contribution in [1.29, 1.82) is 0 Å². The summed E-state index contributed by atoms with van der Waals surface area (Å²) in [6.07, 6.45) is 0.830. The molecule has 0 N–H and O–H groups in total. The standard InChI is InChI=1S/C4H7N4.Li/c1-3-4-5-6-7-8(4)2;/h2-3H2,1H3;/q-1;+1. The molecule has 0 aliphatic rings. The van der Waals surface area contributed by atoms with E-state index in [1.807, 2.05) is 6.92 Å². The number of hydrogen-bond donors (Lipinski definition) is 0. The van der Waals surface area contributed by atoms with Crippen LogP contribution in [-0.4, -0.2) is 20.2 Å². The first-order chi connectivity index (χ1) is 3.84. The van der Waals surface area contributed by atoms with E-state index in [-0.39, 0.29) is 18.9 Å². The number of rotatable bonds is 1. The Balaban J connectivity index is 0.000000640. The fourth-order valence-corrected chi connectivity index (χ4v) is 0.476. The summed E-state index contributed by atoms with van der Waals surface area (Å²) in [5.74, 6) is 0.810. The number of aryl methyl sites for hydroxylation is 1. The van der Waals surface area contributed by atoms with Crippen LogP contribution in [0.1, 0.15) is 12.7 Å². The van der Waals surface area contributed by atoms with Crippen LogP contribution in [0.15, 0.2) is 0 Å². The number of nitrogens with zero attached hydrogens (tertiary/aromatic N) is 4. The SMILES string of the molecule is [CH2-]n1nnnc1CC.[Li+]. The van der Waals surface area contributed by atoms with E-state index in [1.54, 1.807) is 0 Å². The van der Waals surface area contributed by atoms with Gasteiger partial charge in [-0.05, 0) is 5.21 Å². The first kappa shape index (κ1) is 8.54. The monoisotopic (exact) mass is 118 g/mol. The zero-order valence-electron chi connectivity index (χ0n) is 5.70. The van der Waals surface area contributed by atoms with Gasteiger partial charge in [-0.25, -0.2) is 5.10 Å². The van der Waals surface area contributed by atoms with Gasteiger partial charge in [0.25, 0.3) is 0 Å². The van der Waals surface area contributed by atoms with Crippen molar-refractivity contribution in [2.45, 2.75) is 13.3 Å². The molecule has 4 nitrogen and oxygen atoms in total. The summed E-state index contributed by atoms with van der Waals surface area (Å²) >= 11 is 0. The van der Waals surface area contributed by atoms with Crippen molar-refractivity contribution in [2.24, 2.45) is 0 Å². The summed E-state index contributed by atoms with van der Waals surface area (Å²) in [6, 6.07) is 0. The smallest absolute Gasteiger partial charge is 0.367 e. The summed E-state index contributed by atoms with van der Waals surface area (Å²) in [7, 11) is 3.53. The summed E-state index contributed by atoms with van der Waals surface area (Å²) in [5, 5.41) is 10.6. The number of tetrazole rings is 1. The van der Waals surface area contributed by atoms with Gasteiger partial charge in [-0.3, -0.25) is 0 Å². The van der Waals surface area contributed by atoms with E-state index in [0.717, 1.165) is 12.2 Å². The predicted octanol–water partition coefficient (Wildman–Crippen LogP) is -3.12. The van der Waals surface area contributed by atoms with Gasteiger partial charge in [-0.1, -0.05) is 18.6 Å². The summed E-state index contributed by atoms with van der Waals surface area (Å²) in [6.45, 7) is 1.98. The molecule has 0 atom stereocenters. The topological polar surface area (TPSA) is 43.6 Å². The third-order valence-electron chi connectivity index (χ3n) is 0.922. The minimum atomic E-state index is 0. The van der Waals surface area contributed by atoms with E-state index in [9.17, 15) is 0 Å². The maximum atomic E-state index is 3.67. The third kappa shape index (κ3) is 1.74. The molecule has 1 aromatic heterocycles. The van der Waals surface area contributed by atoms with E-state index >= 15 is 0 Å². The van der Waals surface area contributed by atoms with Crippen LogP contribution in [0, 0.1) is 7.05 Å². The van der Waals surface area contributed by atoms with Crippen LogP contribution < -0.4 is 18.9 Å². The molecular weight excluding hydrogens is 111 g/mol. The van der Waals surface area contributed by atoms with Gasteiger partial charge in [0.15, 0.2) is 0 Å². The molecule has 0 saturated heterocycles. The van der Waals surface area contributed by atoms with E-state index in [2.05, 4.69) is 22.6 Å². The summed E-state index contributed by atoms with van der Waals surface area (Å²) < 4.78 is 1.42. The zero-order chi connectivity index (χ0) is 5.98. The van der Waals surface area contributed by atoms with Crippen molar-refractivity contribution in [3.8, 4) is 0 Å². The largest absolute Gasteiger partial charge is 1.00 e. The van der Waals surface area contributed by atoms with E-state index < -0.39 is 0 Å². The fraction of sp³-hybridized carbons (Fsp3) is 0.500. The zero-order valence-corrected chi connectivity index (χ0v) is 5.70. The molecule has 0 amide bonds. The second-order valence-electron chi connectivity index (χ2n) is 1.45. The quantitative estimate of drug-likeness (QED) is 0.289. The molecule has 1 rings (SSSR count). The van der Waals surface area contributed by atoms with Gasteiger partial charge in [0, 0.05) is 5.82 Å². The second kappa shape index (κ2) is 3.54. The molecule has 9 heavy (non-hydrogen) atoms. The average Bonchev–Trinajstić information content (AvgIpc) is 2.14. The first-order valence-corrected chi connectivity index (χ1v) is 2.42. The Morgan fingerprint density at radius 2 is 2.33 bits per heavy atom. The van der Waals surface area contributed by atoms with E-state index in [4.69, 9.17) is 0 Å². The molecule has 0 radical (unpaired) electrons. The van der Waals surface area contributed by atoms with Crippen molar-refractivity contribution in [2.75, 3.05) is 0 Å². The maximum absolute atomic E-state index is 3.67.